The molecule has 0 spiro atoms. The Balaban J connectivity index is 1.43. The lowest BCUT2D eigenvalue weighted by molar-refractivity contribution is 0.0945. The predicted molar refractivity (Wildman–Crippen MR) is 108 cm³/mol. The van der Waals surface area contributed by atoms with E-state index in [1.807, 2.05) is 24.3 Å². The molecule has 10 heteroatoms. The Morgan fingerprint density at radius 2 is 2.07 bits per heavy atom. The number of aromatic amines is 1. The summed E-state index contributed by atoms with van der Waals surface area (Å²) >= 11 is 0. The van der Waals surface area contributed by atoms with E-state index in [9.17, 15) is 9.59 Å². The first-order valence-corrected chi connectivity index (χ1v) is 9.11. The van der Waals surface area contributed by atoms with Crippen LogP contribution in [0.15, 0.2) is 59.5 Å². The minimum atomic E-state index is -0.469. The fourth-order valence-electron chi connectivity index (χ4n) is 2.81. The molecule has 3 aromatic heterocycles. The maximum Gasteiger partial charge on any atom is 0.260 e. The normalized spacial score (nSPS) is 10.7. The molecule has 4 rings (SSSR count). The quantitative estimate of drug-likeness (QED) is 0.443. The van der Waals surface area contributed by atoms with E-state index in [1.54, 1.807) is 29.8 Å². The molecule has 1 amide bonds. The number of rotatable bonds is 7. The van der Waals surface area contributed by atoms with E-state index in [1.165, 1.54) is 12.3 Å². The van der Waals surface area contributed by atoms with E-state index in [0.29, 0.717) is 23.1 Å². The molecule has 1 aromatic carbocycles. The summed E-state index contributed by atoms with van der Waals surface area (Å²) in [5.41, 5.74) is 0.966. The Morgan fingerprint density at radius 3 is 2.90 bits per heavy atom. The molecule has 152 valence electrons. The highest BCUT2D eigenvalue weighted by molar-refractivity contribution is 5.93. The molecular formula is C20H18N6O4. The summed E-state index contributed by atoms with van der Waals surface area (Å²) < 4.78 is 12.5. The van der Waals surface area contributed by atoms with Crippen LogP contribution in [-0.4, -0.2) is 51.0 Å². The minimum Gasteiger partial charge on any atom is -0.497 e. The van der Waals surface area contributed by atoms with Gasteiger partial charge < -0.3 is 19.8 Å². The van der Waals surface area contributed by atoms with Crippen molar-refractivity contribution >= 4 is 11.6 Å². The van der Waals surface area contributed by atoms with Crippen molar-refractivity contribution in [3.8, 4) is 23.0 Å². The number of hydrogen-bond acceptors (Lipinski definition) is 7. The number of ether oxygens (including phenoxy) is 2. The number of H-pyrrole nitrogens is 1. The molecule has 0 aliphatic rings. The average molecular weight is 406 g/mol. The second kappa shape index (κ2) is 8.43. The Hall–Kier alpha value is -4.21. The number of aromatic nitrogens is 5. The van der Waals surface area contributed by atoms with Crippen LogP contribution >= 0.6 is 0 Å². The van der Waals surface area contributed by atoms with Gasteiger partial charge in [0.15, 0.2) is 11.5 Å². The van der Waals surface area contributed by atoms with Gasteiger partial charge in [0.05, 0.1) is 13.7 Å². The molecule has 0 bridgehead atoms. The van der Waals surface area contributed by atoms with E-state index in [0.717, 1.165) is 5.56 Å². The second-order valence-electron chi connectivity index (χ2n) is 6.21. The molecule has 0 aliphatic heterocycles. The number of methoxy groups -OCH3 is 1. The number of nitrogens with zero attached hydrogens (tertiary/aromatic N) is 4. The van der Waals surface area contributed by atoms with Gasteiger partial charge in [0.2, 0.25) is 5.88 Å². The maximum absolute atomic E-state index is 12.0. The van der Waals surface area contributed by atoms with Crippen LogP contribution in [0.2, 0.25) is 0 Å². The molecule has 10 nitrogen and oxygen atoms in total. The number of carbonyl (C=O) groups is 1. The fraction of sp³-hybridized carbons (Fsp3) is 0.150. The third kappa shape index (κ3) is 3.97. The van der Waals surface area contributed by atoms with Gasteiger partial charge in [0.1, 0.15) is 17.9 Å². The zero-order chi connectivity index (χ0) is 20.9. The van der Waals surface area contributed by atoms with Crippen molar-refractivity contribution in [1.82, 2.24) is 30.1 Å². The van der Waals surface area contributed by atoms with Gasteiger partial charge in [-0.3, -0.25) is 9.59 Å². The fourth-order valence-corrected chi connectivity index (χ4v) is 2.81. The highest BCUT2D eigenvalue weighted by Gasteiger charge is 2.12. The minimum absolute atomic E-state index is 0.0458. The van der Waals surface area contributed by atoms with Gasteiger partial charge in [-0.15, -0.1) is 15.3 Å². The van der Waals surface area contributed by atoms with Crippen molar-refractivity contribution in [2.45, 2.75) is 0 Å². The van der Waals surface area contributed by atoms with Gasteiger partial charge in [-0.2, -0.15) is 4.52 Å². The topological polar surface area (TPSA) is 123 Å². The summed E-state index contributed by atoms with van der Waals surface area (Å²) in [6.07, 6.45) is 1.47. The molecule has 4 aromatic rings. The number of nitrogens with one attached hydrogen (secondary N) is 2. The Morgan fingerprint density at radius 1 is 1.17 bits per heavy atom. The van der Waals surface area contributed by atoms with Crippen molar-refractivity contribution in [2.24, 2.45) is 0 Å². The standard InChI is InChI=1S/C20H18N6O4/c1-29-14-5-2-4-13(12-14)18-24-23-16-7-8-17(25-26(16)18)30-11-10-22-20(28)15-6-3-9-21-19(15)27/h2-9,12H,10-11H2,1H3,(H,21,27)(H,22,28). The molecule has 0 fully saturated rings. The monoisotopic (exact) mass is 406 g/mol. The van der Waals surface area contributed by atoms with Gasteiger partial charge in [-0.05, 0) is 30.3 Å². The van der Waals surface area contributed by atoms with Crippen LogP contribution in [0.25, 0.3) is 17.0 Å². The first-order chi connectivity index (χ1) is 14.7. The molecule has 0 aliphatic carbocycles. The summed E-state index contributed by atoms with van der Waals surface area (Å²) in [5, 5.41) is 15.4. The molecule has 0 saturated carbocycles. The van der Waals surface area contributed by atoms with E-state index < -0.39 is 11.5 Å². The summed E-state index contributed by atoms with van der Waals surface area (Å²) in [5.74, 6) is 1.12. The lowest BCUT2D eigenvalue weighted by Crippen LogP contribution is -2.32. The summed E-state index contributed by atoms with van der Waals surface area (Å²) in [6.45, 7) is 0.378. The number of amides is 1. The average Bonchev–Trinajstić information content (AvgIpc) is 3.20. The molecule has 0 unspecified atom stereocenters. The van der Waals surface area contributed by atoms with Gasteiger partial charge >= 0.3 is 0 Å². The Kier molecular flexibility index (Phi) is 5.37. The zero-order valence-electron chi connectivity index (χ0n) is 16.0. The first kappa shape index (κ1) is 19.1. The predicted octanol–water partition coefficient (Wildman–Crippen LogP) is 1.30. The van der Waals surface area contributed by atoms with Crippen LogP contribution in [-0.2, 0) is 0 Å². The van der Waals surface area contributed by atoms with Crippen LogP contribution < -0.4 is 20.3 Å². The molecule has 0 saturated heterocycles. The van der Waals surface area contributed by atoms with E-state index in [4.69, 9.17) is 9.47 Å². The smallest absolute Gasteiger partial charge is 0.260 e. The number of benzene rings is 1. The van der Waals surface area contributed by atoms with Crippen LogP contribution in [0.1, 0.15) is 10.4 Å². The van der Waals surface area contributed by atoms with Crippen molar-refractivity contribution in [3.05, 3.63) is 70.6 Å². The first-order valence-electron chi connectivity index (χ1n) is 9.11. The third-order valence-corrected chi connectivity index (χ3v) is 4.27. The summed E-state index contributed by atoms with van der Waals surface area (Å²) in [6, 6.07) is 13.9. The van der Waals surface area contributed by atoms with E-state index in [2.05, 4.69) is 25.6 Å². The van der Waals surface area contributed by atoms with Crippen LogP contribution in [0.5, 0.6) is 11.6 Å². The summed E-state index contributed by atoms with van der Waals surface area (Å²) in [4.78, 5) is 26.1. The molecular weight excluding hydrogens is 388 g/mol. The molecule has 30 heavy (non-hydrogen) atoms. The van der Waals surface area contributed by atoms with Gasteiger partial charge in [0.25, 0.3) is 11.5 Å². The van der Waals surface area contributed by atoms with E-state index >= 15 is 0 Å². The largest absolute Gasteiger partial charge is 0.497 e. The Labute approximate surface area is 170 Å². The molecule has 2 N–H and O–H groups in total. The van der Waals surface area contributed by atoms with Gasteiger partial charge in [-0.25, -0.2) is 0 Å². The van der Waals surface area contributed by atoms with Crippen molar-refractivity contribution < 1.29 is 14.3 Å². The number of hydrogen-bond donors (Lipinski definition) is 2. The number of pyridine rings is 1. The molecule has 3 heterocycles. The van der Waals surface area contributed by atoms with Crippen LogP contribution in [0.4, 0.5) is 0 Å². The second-order valence-corrected chi connectivity index (χ2v) is 6.21. The Bertz CT molecular complexity index is 1250. The number of carbonyl (C=O) groups excluding carboxylic acids is 1. The van der Waals surface area contributed by atoms with Crippen LogP contribution in [0.3, 0.4) is 0 Å². The maximum atomic E-state index is 12.0. The van der Waals surface area contributed by atoms with Gasteiger partial charge in [-0.1, -0.05) is 12.1 Å². The highest BCUT2D eigenvalue weighted by atomic mass is 16.5. The van der Waals surface area contributed by atoms with E-state index in [-0.39, 0.29) is 18.7 Å². The molecule has 0 atom stereocenters. The summed E-state index contributed by atoms with van der Waals surface area (Å²) in [7, 11) is 1.60. The van der Waals surface area contributed by atoms with Gasteiger partial charge in [0, 0.05) is 17.8 Å². The SMILES string of the molecule is COc1cccc(-c2nnc3ccc(OCCNC(=O)c4ccc[nH]c4=O)nn23)c1. The third-order valence-electron chi connectivity index (χ3n) is 4.27. The number of fused-ring (bicyclic) bond motifs is 1. The highest BCUT2D eigenvalue weighted by Crippen LogP contribution is 2.23. The zero-order valence-corrected chi connectivity index (χ0v) is 16.0. The molecule has 0 radical (unpaired) electrons. The van der Waals surface area contributed by atoms with Crippen molar-refractivity contribution in [3.63, 3.8) is 0 Å². The van der Waals surface area contributed by atoms with Crippen LogP contribution in [0, 0.1) is 0 Å². The lowest BCUT2D eigenvalue weighted by atomic mass is 10.2. The lowest BCUT2D eigenvalue weighted by Gasteiger charge is -2.08. The van der Waals surface area contributed by atoms with Crippen molar-refractivity contribution in [1.29, 1.82) is 0 Å². The van der Waals surface area contributed by atoms with Crippen molar-refractivity contribution in [2.75, 3.05) is 20.3 Å².